The lowest BCUT2D eigenvalue weighted by Crippen LogP contribution is -2.09. The summed E-state index contributed by atoms with van der Waals surface area (Å²) in [6, 6.07) is 7.06. The summed E-state index contributed by atoms with van der Waals surface area (Å²) in [7, 11) is 0. The third-order valence-corrected chi connectivity index (χ3v) is 2.20. The summed E-state index contributed by atoms with van der Waals surface area (Å²) in [5, 5.41) is 18.7. The fourth-order valence-corrected chi connectivity index (χ4v) is 1.42. The van der Waals surface area contributed by atoms with E-state index in [-0.39, 0.29) is 5.76 Å². The van der Waals surface area contributed by atoms with Crippen molar-refractivity contribution in [2.24, 2.45) is 0 Å². The summed E-state index contributed by atoms with van der Waals surface area (Å²) in [4.78, 5) is 10.5. The Balaban J connectivity index is 2.51. The van der Waals surface area contributed by atoms with E-state index >= 15 is 0 Å². The molecule has 0 spiro atoms. The summed E-state index contributed by atoms with van der Waals surface area (Å²) in [6.45, 7) is 1.91. The molecule has 1 aromatic heterocycles. The highest BCUT2D eigenvalue weighted by molar-refractivity contribution is 5.81. The summed E-state index contributed by atoms with van der Waals surface area (Å²) in [5.41, 5.74) is 1.61. The highest BCUT2D eigenvalue weighted by atomic mass is 16.4. The first-order valence-electron chi connectivity index (χ1n) is 4.49. The largest absolute Gasteiger partial charge is 0.479 e. The number of fused-ring (bicyclic) bond motifs is 1. The predicted octanol–water partition coefficient (Wildman–Crippen LogP) is 1.86. The standard InChI is InChI=1S/C11H10O4/c1-6-2-3-7-5-9(10(12)11(13)14)15-8(7)4-6/h2-5,10,12H,1H3,(H,13,14). The lowest BCUT2D eigenvalue weighted by molar-refractivity contribution is -0.147. The molecule has 15 heavy (non-hydrogen) atoms. The molecule has 1 heterocycles. The van der Waals surface area contributed by atoms with E-state index in [4.69, 9.17) is 9.52 Å². The minimum Gasteiger partial charge on any atom is -0.479 e. The van der Waals surface area contributed by atoms with Crippen LogP contribution in [-0.4, -0.2) is 16.2 Å². The maximum Gasteiger partial charge on any atom is 0.340 e. The van der Waals surface area contributed by atoms with E-state index < -0.39 is 12.1 Å². The SMILES string of the molecule is Cc1ccc2cc(C(O)C(=O)O)oc2c1. The Bertz CT molecular complexity index is 512. The van der Waals surface area contributed by atoms with E-state index in [1.54, 1.807) is 6.07 Å². The van der Waals surface area contributed by atoms with Gasteiger partial charge >= 0.3 is 5.97 Å². The Morgan fingerprint density at radius 1 is 1.40 bits per heavy atom. The van der Waals surface area contributed by atoms with Crippen molar-refractivity contribution in [3.8, 4) is 0 Å². The van der Waals surface area contributed by atoms with Gasteiger partial charge < -0.3 is 14.6 Å². The minimum atomic E-state index is -1.60. The Hall–Kier alpha value is -1.81. The first-order chi connectivity index (χ1) is 7.08. The molecule has 0 aliphatic rings. The number of aliphatic hydroxyl groups is 1. The second-order valence-electron chi connectivity index (χ2n) is 3.43. The highest BCUT2D eigenvalue weighted by Crippen LogP contribution is 2.24. The molecule has 78 valence electrons. The van der Waals surface area contributed by atoms with E-state index in [1.165, 1.54) is 6.07 Å². The molecule has 0 saturated carbocycles. The topological polar surface area (TPSA) is 70.7 Å². The third-order valence-electron chi connectivity index (χ3n) is 2.20. The Morgan fingerprint density at radius 2 is 2.13 bits per heavy atom. The van der Waals surface area contributed by atoms with E-state index in [2.05, 4.69) is 0 Å². The number of hydrogen-bond donors (Lipinski definition) is 2. The summed E-state index contributed by atoms with van der Waals surface area (Å²) < 4.78 is 5.24. The van der Waals surface area contributed by atoms with E-state index in [0.29, 0.717) is 5.58 Å². The molecule has 0 radical (unpaired) electrons. The number of aliphatic carboxylic acids is 1. The maximum atomic E-state index is 10.5. The van der Waals surface area contributed by atoms with Gasteiger partial charge in [-0.1, -0.05) is 12.1 Å². The molecule has 1 aromatic carbocycles. The van der Waals surface area contributed by atoms with Gasteiger partial charge in [0, 0.05) is 5.39 Å². The van der Waals surface area contributed by atoms with Crippen LogP contribution in [-0.2, 0) is 4.79 Å². The minimum absolute atomic E-state index is 0.0584. The summed E-state index contributed by atoms with van der Waals surface area (Å²) in [5.74, 6) is -1.26. The average Bonchev–Trinajstić information content (AvgIpc) is 2.58. The maximum absolute atomic E-state index is 10.5. The van der Waals surface area contributed by atoms with Gasteiger partial charge in [-0.25, -0.2) is 4.79 Å². The van der Waals surface area contributed by atoms with Crippen molar-refractivity contribution in [1.29, 1.82) is 0 Å². The zero-order chi connectivity index (χ0) is 11.0. The van der Waals surface area contributed by atoms with Gasteiger partial charge in [0.15, 0.2) is 0 Å². The van der Waals surface area contributed by atoms with Crippen molar-refractivity contribution in [2.75, 3.05) is 0 Å². The smallest absolute Gasteiger partial charge is 0.340 e. The van der Waals surface area contributed by atoms with Crippen molar-refractivity contribution in [3.63, 3.8) is 0 Å². The van der Waals surface area contributed by atoms with Crippen LogP contribution in [0, 0.1) is 6.92 Å². The van der Waals surface area contributed by atoms with Crippen LogP contribution < -0.4 is 0 Å². The number of carboxylic acid groups (broad SMARTS) is 1. The molecule has 2 aromatic rings. The van der Waals surface area contributed by atoms with Crippen molar-refractivity contribution in [3.05, 3.63) is 35.6 Å². The molecule has 2 rings (SSSR count). The molecule has 4 heteroatoms. The van der Waals surface area contributed by atoms with Crippen LogP contribution in [0.4, 0.5) is 0 Å². The third kappa shape index (κ3) is 1.71. The van der Waals surface area contributed by atoms with E-state index in [9.17, 15) is 9.90 Å². The monoisotopic (exact) mass is 206 g/mol. The fraction of sp³-hybridized carbons (Fsp3) is 0.182. The lowest BCUT2D eigenvalue weighted by atomic mass is 10.2. The number of aliphatic hydroxyl groups excluding tert-OH is 1. The van der Waals surface area contributed by atoms with E-state index in [1.807, 2.05) is 19.1 Å². The molecule has 0 aliphatic heterocycles. The van der Waals surface area contributed by atoms with E-state index in [0.717, 1.165) is 10.9 Å². The van der Waals surface area contributed by atoms with Crippen LogP contribution in [0.15, 0.2) is 28.7 Å². The van der Waals surface area contributed by atoms with Gasteiger partial charge in [0.2, 0.25) is 6.10 Å². The van der Waals surface area contributed by atoms with Crippen LogP contribution in [0.2, 0.25) is 0 Å². The highest BCUT2D eigenvalue weighted by Gasteiger charge is 2.20. The molecule has 2 N–H and O–H groups in total. The Morgan fingerprint density at radius 3 is 2.80 bits per heavy atom. The van der Waals surface area contributed by atoms with Crippen LogP contribution >= 0.6 is 0 Å². The van der Waals surface area contributed by atoms with Gasteiger partial charge in [0.1, 0.15) is 11.3 Å². The Labute approximate surface area is 85.8 Å². The normalized spacial score (nSPS) is 12.9. The number of benzene rings is 1. The van der Waals surface area contributed by atoms with Crippen LogP contribution in [0.1, 0.15) is 17.4 Å². The summed E-state index contributed by atoms with van der Waals surface area (Å²) >= 11 is 0. The quantitative estimate of drug-likeness (QED) is 0.786. The Kier molecular flexibility index (Phi) is 2.21. The summed E-state index contributed by atoms with van der Waals surface area (Å²) in [6.07, 6.45) is -1.60. The van der Waals surface area contributed by atoms with Crippen molar-refractivity contribution < 1.29 is 19.4 Å². The first kappa shape index (κ1) is 9.73. The predicted molar refractivity (Wildman–Crippen MR) is 53.5 cm³/mol. The molecular formula is C11H10O4. The molecular weight excluding hydrogens is 196 g/mol. The number of carbonyl (C=O) groups is 1. The van der Waals surface area contributed by atoms with Gasteiger partial charge in [0.25, 0.3) is 0 Å². The number of rotatable bonds is 2. The van der Waals surface area contributed by atoms with Gasteiger partial charge in [0.05, 0.1) is 0 Å². The molecule has 1 atom stereocenters. The lowest BCUT2D eigenvalue weighted by Gasteiger charge is -1.98. The molecule has 1 unspecified atom stereocenters. The molecule has 0 bridgehead atoms. The van der Waals surface area contributed by atoms with Crippen molar-refractivity contribution in [2.45, 2.75) is 13.0 Å². The zero-order valence-electron chi connectivity index (χ0n) is 8.10. The van der Waals surface area contributed by atoms with Crippen LogP contribution in [0.5, 0.6) is 0 Å². The zero-order valence-corrected chi connectivity index (χ0v) is 8.10. The molecule has 0 saturated heterocycles. The van der Waals surface area contributed by atoms with Gasteiger partial charge in [-0.3, -0.25) is 0 Å². The molecule has 0 aliphatic carbocycles. The van der Waals surface area contributed by atoms with Crippen LogP contribution in [0.25, 0.3) is 11.0 Å². The van der Waals surface area contributed by atoms with Crippen molar-refractivity contribution in [1.82, 2.24) is 0 Å². The molecule has 0 fully saturated rings. The van der Waals surface area contributed by atoms with Crippen LogP contribution in [0.3, 0.4) is 0 Å². The fourth-order valence-electron chi connectivity index (χ4n) is 1.42. The van der Waals surface area contributed by atoms with Gasteiger partial charge in [-0.05, 0) is 24.6 Å². The molecule has 4 nitrogen and oxygen atoms in total. The molecule has 0 amide bonds. The second-order valence-corrected chi connectivity index (χ2v) is 3.43. The first-order valence-corrected chi connectivity index (χ1v) is 4.49. The van der Waals surface area contributed by atoms with Gasteiger partial charge in [-0.15, -0.1) is 0 Å². The second kappa shape index (κ2) is 3.40. The van der Waals surface area contributed by atoms with Crippen molar-refractivity contribution >= 4 is 16.9 Å². The number of hydrogen-bond acceptors (Lipinski definition) is 3. The number of aryl methyl sites for hydroxylation is 1. The number of carboxylic acids is 1. The van der Waals surface area contributed by atoms with Gasteiger partial charge in [-0.2, -0.15) is 0 Å². The average molecular weight is 206 g/mol. The number of furan rings is 1.